The highest BCUT2D eigenvalue weighted by molar-refractivity contribution is 5.79. The Hall–Kier alpha value is -2.31. The Balaban J connectivity index is 2.13. The van der Waals surface area contributed by atoms with Crippen LogP contribution in [0.1, 0.15) is 37.0 Å². The first-order chi connectivity index (χ1) is 9.90. The molecule has 0 aliphatic rings. The molecule has 7 nitrogen and oxygen atoms in total. The van der Waals surface area contributed by atoms with Gasteiger partial charge in [0, 0.05) is 30.7 Å². The Morgan fingerprint density at radius 1 is 1.43 bits per heavy atom. The second-order valence-corrected chi connectivity index (χ2v) is 5.55. The van der Waals surface area contributed by atoms with Gasteiger partial charge in [-0.1, -0.05) is 13.8 Å². The van der Waals surface area contributed by atoms with Crippen LogP contribution in [-0.2, 0) is 18.3 Å². The van der Waals surface area contributed by atoms with Crippen LogP contribution < -0.4 is 10.9 Å². The molecule has 114 valence electrons. The molecule has 0 saturated heterocycles. The summed E-state index contributed by atoms with van der Waals surface area (Å²) in [4.78, 5) is 28.1. The summed E-state index contributed by atoms with van der Waals surface area (Å²) in [6.45, 7) is 5.81. The highest BCUT2D eigenvalue weighted by atomic mass is 16.2. The van der Waals surface area contributed by atoms with Crippen molar-refractivity contribution in [1.29, 1.82) is 0 Å². The lowest BCUT2D eigenvalue weighted by Crippen LogP contribution is -2.35. The summed E-state index contributed by atoms with van der Waals surface area (Å²) in [6.07, 6.45) is 3.61. The van der Waals surface area contributed by atoms with E-state index in [9.17, 15) is 9.59 Å². The number of aromatic nitrogens is 4. The molecule has 2 aromatic heterocycles. The predicted octanol–water partition coefficient (Wildman–Crippen LogP) is 0.801. The zero-order valence-corrected chi connectivity index (χ0v) is 12.7. The van der Waals surface area contributed by atoms with Crippen molar-refractivity contribution in [2.75, 3.05) is 0 Å². The average molecular weight is 291 g/mol. The highest BCUT2D eigenvalue weighted by Crippen LogP contribution is 2.19. The minimum absolute atomic E-state index is 0.0539. The van der Waals surface area contributed by atoms with Crippen molar-refractivity contribution in [3.63, 3.8) is 0 Å². The van der Waals surface area contributed by atoms with E-state index in [1.54, 1.807) is 13.1 Å². The minimum Gasteiger partial charge on any atom is -0.346 e. The molecule has 1 atom stereocenters. The lowest BCUT2D eigenvalue weighted by atomic mass is 10.0. The molecule has 3 N–H and O–H groups in total. The number of carbonyl (C=O) groups excluding carboxylic acids is 1. The SMILES string of the molecule is Cc1[nH][nH]c(=O)c1CC(=O)NC(c1nccn1C)C(C)C. The van der Waals surface area contributed by atoms with Crippen LogP contribution in [0.4, 0.5) is 0 Å². The number of aromatic amines is 2. The second-order valence-electron chi connectivity index (χ2n) is 5.55. The Labute approximate surface area is 122 Å². The number of carbonyl (C=O) groups is 1. The molecule has 0 radical (unpaired) electrons. The monoisotopic (exact) mass is 291 g/mol. The Morgan fingerprint density at radius 2 is 2.14 bits per heavy atom. The van der Waals surface area contributed by atoms with Gasteiger partial charge in [-0.25, -0.2) is 4.98 Å². The van der Waals surface area contributed by atoms with Gasteiger partial charge in [0.1, 0.15) is 5.82 Å². The molecule has 0 aromatic carbocycles. The van der Waals surface area contributed by atoms with E-state index in [0.717, 1.165) is 5.82 Å². The fraction of sp³-hybridized carbons (Fsp3) is 0.500. The quantitative estimate of drug-likeness (QED) is 0.760. The third-order valence-corrected chi connectivity index (χ3v) is 3.55. The molecule has 0 aliphatic heterocycles. The van der Waals surface area contributed by atoms with Crippen LogP contribution in [0.5, 0.6) is 0 Å². The summed E-state index contributed by atoms with van der Waals surface area (Å²) in [6, 6.07) is -0.184. The van der Waals surface area contributed by atoms with Crippen LogP contribution >= 0.6 is 0 Å². The Kier molecular flexibility index (Phi) is 4.30. The summed E-state index contributed by atoms with van der Waals surface area (Å²) < 4.78 is 1.89. The maximum atomic E-state index is 12.2. The summed E-state index contributed by atoms with van der Waals surface area (Å²) >= 11 is 0. The van der Waals surface area contributed by atoms with Crippen LogP contribution in [0.15, 0.2) is 17.2 Å². The topological polar surface area (TPSA) is 95.6 Å². The maximum absolute atomic E-state index is 12.2. The Bertz CT molecular complexity index is 680. The number of hydrogen-bond acceptors (Lipinski definition) is 3. The van der Waals surface area contributed by atoms with E-state index in [0.29, 0.717) is 11.3 Å². The van der Waals surface area contributed by atoms with Gasteiger partial charge in [0.15, 0.2) is 0 Å². The van der Waals surface area contributed by atoms with Gasteiger partial charge in [-0.05, 0) is 12.8 Å². The predicted molar refractivity (Wildman–Crippen MR) is 78.8 cm³/mol. The first kappa shape index (κ1) is 15.1. The van der Waals surface area contributed by atoms with Gasteiger partial charge in [0.05, 0.1) is 12.5 Å². The molecule has 2 heterocycles. The molecule has 21 heavy (non-hydrogen) atoms. The van der Waals surface area contributed by atoms with Gasteiger partial charge in [0.25, 0.3) is 5.56 Å². The molecule has 1 amide bonds. The summed E-state index contributed by atoms with van der Waals surface area (Å²) in [7, 11) is 1.89. The van der Waals surface area contributed by atoms with E-state index in [1.807, 2.05) is 31.7 Å². The summed E-state index contributed by atoms with van der Waals surface area (Å²) in [5.74, 6) is 0.809. The zero-order valence-electron chi connectivity index (χ0n) is 12.7. The van der Waals surface area contributed by atoms with Gasteiger partial charge in [-0.3, -0.25) is 14.7 Å². The number of nitrogens with one attached hydrogen (secondary N) is 3. The fourth-order valence-electron chi connectivity index (χ4n) is 2.28. The van der Waals surface area contributed by atoms with Crippen LogP contribution in [0.2, 0.25) is 0 Å². The number of H-pyrrole nitrogens is 2. The molecule has 2 aromatic rings. The zero-order chi connectivity index (χ0) is 15.6. The van der Waals surface area contributed by atoms with E-state index in [-0.39, 0.29) is 29.8 Å². The lowest BCUT2D eigenvalue weighted by Gasteiger charge is -2.22. The smallest absolute Gasteiger partial charge is 0.267 e. The molecule has 0 bridgehead atoms. The van der Waals surface area contributed by atoms with Crippen molar-refractivity contribution in [3.05, 3.63) is 39.8 Å². The summed E-state index contributed by atoms with van der Waals surface area (Å²) in [5, 5.41) is 8.16. The standard InChI is InChI=1S/C14H21N5O2/c1-8(2)12(13-15-5-6-19(13)4)16-11(20)7-10-9(3)17-18-14(10)21/h5-6,8,12H,7H2,1-4H3,(H,16,20)(H2,17,18,21). The molecule has 7 heteroatoms. The normalized spacial score (nSPS) is 12.6. The van der Waals surface area contributed by atoms with Gasteiger partial charge in [-0.15, -0.1) is 0 Å². The molecule has 0 spiro atoms. The average Bonchev–Trinajstić information content (AvgIpc) is 2.96. The first-order valence-corrected chi connectivity index (χ1v) is 6.92. The number of hydrogen-bond donors (Lipinski definition) is 3. The highest BCUT2D eigenvalue weighted by Gasteiger charge is 2.23. The molecule has 0 fully saturated rings. The van der Waals surface area contributed by atoms with Crippen LogP contribution in [0.25, 0.3) is 0 Å². The molecule has 1 unspecified atom stereocenters. The molecular formula is C14H21N5O2. The third-order valence-electron chi connectivity index (χ3n) is 3.55. The van der Waals surface area contributed by atoms with Crippen molar-refractivity contribution in [1.82, 2.24) is 25.1 Å². The lowest BCUT2D eigenvalue weighted by molar-refractivity contribution is -0.121. The number of amides is 1. The first-order valence-electron chi connectivity index (χ1n) is 6.92. The van der Waals surface area contributed by atoms with Gasteiger partial charge < -0.3 is 15.0 Å². The van der Waals surface area contributed by atoms with Gasteiger partial charge in [0.2, 0.25) is 5.91 Å². The van der Waals surface area contributed by atoms with Crippen LogP contribution in [0.3, 0.4) is 0 Å². The van der Waals surface area contributed by atoms with E-state index in [1.165, 1.54) is 0 Å². The molecule has 0 aliphatic carbocycles. The maximum Gasteiger partial charge on any atom is 0.267 e. The van der Waals surface area contributed by atoms with Crippen molar-refractivity contribution < 1.29 is 4.79 Å². The largest absolute Gasteiger partial charge is 0.346 e. The summed E-state index contributed by atoms with van der Waals surface area (Å²) in [5.41, 5.74) is 0.906. The van der Waals surface area contributed by atoms with E-state index < -0.39 is 0 Å². The number of nitrogens with zero attached hydrogens (tertiary/aromatic N) is 2. The number of rotatable bonds is 5. The van der Waals surface area contributed by atoms with Crippen molar-refractivity contribution >= 4 is 5.91 Å². The second kappa shape index (κ2) is 5.99. The molecule has 2 rings (SSSR count). The fourth-order valence-corrected chi connectivity index (χ4v) is 2.28. The molecule has 0 saturated carbocycles. The van der Waals surface area contributed by atoms with Crippen LogP contribution in [0, 0.1) is 12.8 Å². The Morgan fingerprint density at radius 3 is 2.62 bits per heavy atom. The van der Waals surface area contributed by atoms with Crippen LogP contribution in [-0.4, -0.2) is 25.7 Å². The number of imidazole rings is 1. The van der Waals surface area contributed by atoms with E-state index in [4.69, 9.17) is 0 Å². The molecular weight excluding hydrogens is 270 g/mol. The minimum atomic E-state index is -0.249. The van der Waals surface area contributed by atoms with Crippen molar-refractivity contribution in [3.8, 4) is 0 Å². The van der Waals surface area contributed by atoms with Gasteiger partial charge >= 0.3 is 0 Å². The third kappa shape index (κ3) is 3.24. The van der Waals surface area contributed by atoms with E-state index in [2.05, 4.69) is 20.5 Å². The van der Waals surface area contributed by atoms with E-state index >= 15 is 0 Å². The van der Waals surface area contributed by atoms with Gasteiger partial charge in [-0.2, -0.15) is 0 Å². The van der Waals surface area contributed by atoms with Crippen molar-refractivity contribution in [2.45, 2.75) is 33.2 Å². The van der Waals surface area contributed by atoms with Crippen molar-refractivity contribution in [2.24, 2.45) is 13.0 Å². The number of aryl methyl sites for hydroxylation is 2.